The van der Waals surface area contributed by atoms with Crippen molar-refractivity contribution in [3.8, 4) is 22.7 Å². The summed E-state index contributed by atoms with van der Waals surface area (Å²) in [6.45, 7) is 3.57. The first-order valence-electron chi connectivity index (χ1n) is 11.8. The van der Waals surface area contributed by atoms with Crippen molar-refractivity contribution in [3.63, 3.8) is 0 Å². The maximum Gasteiger partial charge on any atom is 0.259 e. The Morgan fingerprint density at radius 3 is 2.53 bits per heavy atom. The molecule has 0 bridgehead atoms. The third-order valence-electron chi connectivity index (χ3n) is 6.45. The fourth-order valence-electron chi connectivity index (χ4n) is 4.64. The molecule has 0 unspecified atom stereocenters. The van der Waals surface area contributed by atoms with E-state index in [2.05, 4.69) is 21.1 Å². The number of carbonyl (C=O) groups excluding carboxylic acids is 1. The Bertz CT molecular complexity index is 1510. The smallest absolute Gasteiger partial charge is 0.259 e. The van der Waals surface area contributed by atoms with Gasteiger partial charge in [-0.15, -0.1) is 0 Å². The average Bonchev–Trinajstić information content (AvgIpc) is 3.59. The fourth-order valence-corrected chi connectivity index (χ4v) is 4.85. The summed E-state index contributed by atoms with van der Waals surface area (Å²) in [6, 6.07) is 23.0. The zero-order chi connectivity index (χ0) is 24.5. The largest absolute Gasteiger partial charge is 0.463 e. The predicted molar refractivity (Wildman–Crippen MR) is 138 cm³/mol. The molecule has 7 nitrogen and oxygen atoms in total. The van der Waals surface area contributed by atoms with Gasteiger partial charge in [0.25, 0.3) is 11.6 Å². The summed E-state index contributed by atoms with van der Waals surface area (Å²) in [7, 11) is 0. The van der Waals surface area contributed by atoms with E-state index in [0.29, 0.717) is 46.9 Å². The maximum absolute atomic E-state index is 13.9. The van der Waals surface area contributed by atoms with Crippen LogP contribution in [0.25, 0.3) is 33.8 Å². The molecule has 180 valence electrons. The average molecular weight is 499 g/mol. The van der Waals surface area contributed by atoms with Gasteiger partial charge in [0.1, 0.15) is 11.4 Å². The number of carbonyl (C=O) groups is 1. The summed E-state index contributed by atoms with van der Waals surface area (Å²) in [5.41, 5.74) is 3.99. The molecule has 8 heteroatoms. The number of halogens is 1. The molecule has 1 aliphatic rings. The lowest BCUT2D eigenvalue weighted by molar-refractivity contribution is 0.0630. The molecule has 1 saturated heterocycles. The van der Waals surface area contributed by atoms with E-state index in [1.807, 2.05) is 59.5 Å². The molecule has 0 spiro atoms. The highest BCUT2D eigenvalue weighted by Crippen LogP contribution is 2.33. The third kappa shape index (κ3) is 4.39. The van der Waals surface area contributed by atoms with Crippen LogP contribution < -0.4 is 0 Å². The van der Waals surface area contributed by atoms with Crippen LogP contribution in [0.15, 0.2) is 88.0 Å². The van der Waals surface area contributed by atoms with E-state index in [0.717, 1.165) is 35.8 Å². The number of benzene rings is 2. The number of hydrogen-bond acceptors (Lipinski definition) is 6. The van der Waals surface area contributed by atoms with E-state index >= 15 is 0 Å². The van der Waals surface area contributed by atoms with Crippen LogP contribution in [0.4, 0.5) is 0 Å². The van der Waals surface area contributed by atoms with Gasteiger partial charge >= 0.3 is 0 Å². The standard InChI is InChI=1S/C28H23ClN4O3/c29-21-9-4-6-19(16-21)18-32-11-13-33(14-12-32)28(34)22-17-23(24-10-5-15-35-24)30-27-25(22)26(31-36-27)20-7-2-1-3-8-20/h1-10,15-17H,11-14,18H2. The van der Waals surface area contributed by atoms with Gasteiger partial charge in [-0.25, -0.2) is 4.98 Å². The summed E-state index contributed by atoms with van der Waals surface area (Å²) in [5.74, 6) is 0.493. The number of rotatable bonds is 5. The Morgan fingerprint density at radius 1 is 0.944 bits per heavy atom. The van der Waals surface area contributed by atoms with E-state index in [1.165, 1.54) is 0 Å². The van der Waals surface area contributed by atoms with E-state index in [4.69, 9.17) is 20.5 Å². The first-order chi connectivity index (χ1) is 17.7. The lowest BCUT2D eigenvalue weighted by atomic mass is 10.0. The molecule has 0 N–H and O–H groups in total. The Morgan fingerprint density at radius 2 is 1.78 bits per heavy atom. The summed E-state index contributed by atoms with van der Waals surface area (Å²) in [5, 5.41) is 5.63. The predicted octanol–water partition coefficient (Wildman–Crippen LogP) is 5.76. The van der Waals surface area contributed by atoms with Crippen molar-refractivity contribution in [2.75, 3.05) is 26.2 Å². The zero-order valence-electron chi connectivity index (χ0n) is 19.4. The Hall–Kier alpha value is -3.94. The molecular formula is C28H23ClN4O3. The number of fused-ring (bicyclic) bond motifs is 1. The lowest BCUT2D eigenvalue weighted by Gasteiger charge is -2.35. The number of nitrogens with zero attached hydrogens (tertiary/aromatic N) is 4. The quantitative estimate of drug-likeness (QED) is 0.306. The van der Waals surface area contributed by atoms with Gasteiger partial charge in [0.15, 0.2) is 5.76 Å². The van der Waals surface area contributed by atoms with E-state index in [1.54, 1.807) is 18.4 Å². The third-order valence-corrected chi connectivity index (χ3v) is 6.69. The molecule has 6 rings (SSSR count). The minimum atomic E-state index is -0.0713. The Balaban J connectivity index is 1.31. The van der Waals surface area contributed by atoms with Gasteiger partial charge in [-0.1, -0.05) is 59.2 Å². The van der Waals surface area contributed by atoms with Crippen LogP contribution >= 0.6 is 11.6 Å². The second-order valence-corrected chi connectivity index (χ2v) is 9.24. The van der Waals surface area contributed by atoms with Crippen molar-refractivity contribution in [1.29, 1.82) is 0 Å². The summed E-state index contributed by atoms with van der Waals surface area (Å²) in [6.07, 6.45) is 1.58. The van der Waals surface area contributed by atoms with Gasteiger partial charge in [-0.05, 0) is 35.9 Å². The second-order valence-electron chi connectivity index (χ2n) is 8.81. The van der Waals surface area contributed by atoms with Gasteiger partial charge in [0, 0.05) is 43.3 Å². The molecule has 1 aliphatic heterocycles. The van der Waals surface area contributed by atoms with Gasteiger partial charge < -0.3 is 13.8 Å². The minimum absolute atomic E-state index is 0.0713. The first kappa shape index (κ1) is 22.5. The van der Waals surface area contributed by atoms with Gasteiger partial charge in [-0.3, -0.25) is 9.69 Å². The Labute approximate surface area is 212 Å². The van der Waals surface area contributed by atoms with Crippen LogP contribution in [0, 0.1) is 0 Å². The first-order valence-corrected chi connectivity index (χ1v) is 12.2. The molecule has 1 amide bonds. The summed E-state index contributed by atoms with van der Waals surface area (Å²) >= 11 is 6.14. The molecule has 36 heavy (non-hydrogen) atoms. The van der Waals surface area contributed by atoms with Gasteiger partial charge in [-0.2, -0.15) is 0 Å². The van der Waals surface area contributed by atoms with Gasteiger partial charge in [0.05, 0.1) is 17.2 Å². The molecular weight excluding hydrogens is 476 g/mol. The van der Waals surface area contributed by atoms with Crippen molar-refractivity contribution in [3.05, 3.63) is 95.2 Å². The van der Waals surface area contributed by atoms with Crippen LogP contribution in [-0.2, 0) is 6.54 Å². The number of pyridine rings is 1. The maximum atomic E-state index is 13.9. The fraction of sp³-hybridized carbons (Fsp3) is 0.179. The van der Waals surface area contributed by atoms with Crippen LogP contribution in [0.5, 0.6) is 0 Å². The second kappa shape index (κ2) is 9.60. The molecule has 3 aromatic heterocycles. The van der Waals surface area contributed by atoms with Crippen molar-refractivity contribution >= 4 is 28.6 Å². The highest BCUT2D eigenvalue weighted by Gasteiger charge is 2.28. The van der Waals surface area contributed by atoms with Crippen LogP contribution in [0.1, 0.15) is 15.9 Å². The zero-order valence-corrected chi connectivity index (χ0v) is 20.2. The molecule has 4 heterocycles. The van der Waals surface area contributed by atoms with E-state index in [-0.39, 0.29) is 5.91 Å². The molecule has 0 saturated carbocycles. The van der Waals surface area contributed by atoms with Crippen molar-refractivity contribution in [2.45, 2.75) is 6.54 Å². The number of piperazine rings is 1. The van der Waals surface area contributed by atoms with Crippen LogP contribution in [-0.4, -0.2) is 52.0 Å². The minimum Gasteiger partial charge on any atom is -0.463 e. The molecule has 0 aliphatic carbocycles. The van der Waals surface area contributed by atoms with E-state index < -0.39 is 0 Å². The summed E-state index contributed by atoms with van der Waals surface area (Å²) < 4.78 is 11.2. The SMILES string of the molecule is O=C(c1cc(-c2ccco2)nc2onc(-c3ccccc3)c12)N1CCN(Cc2cccc(Cl)c2)CC1. The van der Waals surface area contributed by atoms with E-state index in [9.17, 15) is 4.79 Å². The van der Waals surface area contributed by atoms with Crippen molar-refractivity contribution < 1.29 is 13.7 Å². The molecule has 0 radical (unpaired) electrons. The Kier molecular flexibility index (Phi) is 6.01. The number of hydrogen-bond donors (Lipinski definition) is 0. The normalized spacial score (nSPS) is 14.4. The van der Waals surface area contributed by atoms with Crippen LogP contribution in [0.2, 0.25) is 5.02 Å². The van der Waals surface area contributed by atoms with Crippen molar-refractivity contribution in [2.24, 2.45) is 0 Å². The van der Waals surface area contributed by atoms with Crippen LogP contribution in [0.3, 0.4) is 0 Å². The number of amides is 1. The number of furan rings is 1. The number of aromatic nitrogens is 2. The molecule has 1 fully saturated rings. The monoisotopic (exact) mass is 498 g/mol. The highest BCUT2D eigenvalue weighted by atomic mass is 35.5. The topological polar surface area (TPSA) is 75.6 Å². The van der Waals surface area contributed by atoms with Gasteiger partial charge in [0.2, 0.25) is 0 Å². The van der Waals surface area contributed by atoms with Crippen molar-refractivity contribution in [1.82, 2.24) is 19.9 Å². The summed E-state index contributed by atoms with van der Waals surface area (Å²) in [4.78, 5) is 22.7. The molecule has 0 atom stereocenters. The lowest BCUT2D eigenvalue weighted by Crippen LogP contribution is -2.48. The highest BCUT2D eigenvalue weighted by molar-refractivity contribution is 6.30. The molecule has 5 aromatic rings. The molecule has 2 aromatic carbocycles.